The van der Waals surface area contributed by atoms with Crippen LogP contribution < -0.4 is 5.32 Å². The average molecular weight is 435 g/mol. The molecule has 2 amide bonds. The Balaban J connectivity index is 1.40. The number of carbonyl (C=O) groups excluding carboxylic acids is 2. The fraction of sp³-hybridized carbons (Fsp3) is 0.600. The Morgan fingerprint density at radius 2 is 2.39 bits per heavy atom. The van der Waals surface area contributed by atoms with E-state index < -0.39 is 0 Å². The fourth-order valence-corrected chi connectivity index (χ4v) is 6.87. The average Bonchev–Trinajstić information content (AvgIpc) is 3.15. The molecule has 126 valence electrons. The number of carbonyl (C=O) groups is 2. The van der Waals surface area contributed by atoms with E-state index in [2.05, 4.69) is 40.3 Å². The van der Waals surface area contributed by atoms with Gasteiger partial charge in [0.25, 0.3) is 0 Å². The molecule has 4 nitrogen and oxygen atoms in total. The van der Waals surface area contributed by atoms with Gasteiger partial charge in [0.2, 0.25) is 11.8 Å². The van der Waals surface area contributed by atoms with Gasteiger partial charge in [-0.3, -0.25) is 9.59 Å². The molecule has 2 aliphatic rings. The summed E-state index contributed by atoms with van der Waals surface area (Å²) in [7, 11) is 0. The first-order valence-electron chi connectivity index (χ1n) is 7.55. The molecule has 0 bridgehead atoms. The van der Waals surface area contributed by atoms with Gasteiger partial charge in [0.1, 0.15) is 6.04 Å². The quantitative estimate of drug-likeness (QED) is 0.697. The number of fused-ring (bicyclic) bond motifs is 1. The SMILES string of the molecule is CC12CCC(=O)N1C(C(=O)NCCSCc1ccc(Br)s1)CS2. The molecule has 2 aliphatic heterocycles. The van der Waals surface area contributed by atoms with Crippen LogP contribution in [0.1, 0.15) is 24.6 Å². The normalized spacial score (nSPS) is 26.6. The summed E-state index contributed by atoms with van der Waals surface area (Å²) in [6, 6.07) is 3.89. The summed E-state index contributed by atoms with van der Waals surface area (Å²) in [5.74, 6) is 2.68. The highest BCUT2D eigenvalue weighted by Gasteiger charge is 2.52. The van der Waals surface area contributed by atoms with Crippen molar-refractivity contribution in [1.29, 1.82) is 0 Å². The fourth-order valence-electron chi connectivity index (χ4n) is 2.98. The number of thioether (sulfide) groups is 2. The summed E-state index contributed by atoms with van der Waals surface area (Å²) >= 11 is 8.75. The molecular formula is C15H19BrN2O2S3. The van der Waals surface area contributed by atoms with Crippen molar-refractivity contribution in [1.82, 2.24) is 10.2 Å². The van der Waals surface area contributed by atoms with Crippen LogP contribution in [0.15, 0.2) is 15.9 Å². The molecule has 1 aromatic heterocycles. The van der Waals surface area contributed by atoms with Crippen molar-refractivity contribution < 1.29 is 9.59 Å². The summed E-state index contributed by atoms with van der Waals surface area (Å²) in [4.78, 5) is 27.4. The maximum atomic E-state index is 12.4. The van der Waals surface area contributed by atoms with Crippen LogP contribution in [0.25, 0.3) is 0 Å². The number of thiophene rings is 1. The predicted octanol–water partition coefficient (Wildman–Crippen LogP) is 3.31. The summed E-state index contributed by atoms with van der Waals surface area (Å²) < 4.78 is 1.15. The van der Waals surface area contributed by atoms with Gasteiger partial charge in [0.15, 0.2) is 0 Å². The summed E-state index contributed by atoms with van der Waals surface area (Å²) in [6.45, 7) is 2.72. The number of hydrogen-bond donors (Lipinski definition) is 1. The van der Waals surface area contributed by atoms with Crippen molar-refractivity contribution in [2.45, 2.75) is 36.4 Å². The molecule has 0 radical (unpaired) electrons. The highest BCUT2D eigenvalue weighted by molar-refractivity contribution is 9.11. The molecule has 2 atom stereocenters. The Morgan fingerprint density at radius 1 is 1.57 bits per heavy atom. The third-order valence-corrected chi connectivity index (χ3v) is 8.49. The van der Waals surface area contributed by atoms with E-state index in [-0.39, 0.29) is 22.7 Å². The first-order chi connectivity index (χ1) is 11.0. The zero-order valence-corrected chi connectivity index (χ0v) is 16.9. The van der Waals surface area contributed by atoms with Crippen LogP contribution in [0.3, 0.4) is 0 Å². The van der Waals surface area contributed by atoms with E-state index in [9.17, 15) is 9.59 Å². The van der Waals surface area contributed by atoms with Gasteiger partial charge in [-0.15, -0.1) is 23.1 Å². The minimum Gasteiger partial charge on any atom is -0.353 e. The molecule has 2 unspecified atom stereocenters. The van der Waals surface area contributed by atoms with Crippen LogP contribution in [-0.2, 0) is 15.3 Å². The van der Waals surface area contributed by atoms with Gasteiger partial charge in [0.05, 0.1) is 8.66 Å². The Morgan fingerprint density at radius 3 is 3.13 bits per heavy atom. The number of nitrogens with zero attached hydrogens (tertiary/aromatic N) is 1. The van der Waals surface area contributed by atoms with E-state index in [0.29, 0.717) is 18.7 Å². The molecule has 3 rings (SSSR count). The van der Waals surface area contributed by atoms with Gasteiger partial charge in [0, 0.05) is 35.1 Å². The first kappa shape index (κ1) is 17.6. The maximum Gasteiger partial charge on any atom is 0.243 e. The molecule has 0 spiro atoms. The van der Waals surface area contributed by atoms with E-state index >= 15 is 0 Å². The highest BCUT2D eigenvalue weighted by Crippen LogP contribution is 2.47. The summed E-state index contributed by atoms with van der Waals surface area (Å²) in [5, 5.41) is 2.99. The molecular weight excluding hydrogens is 416 g/mol. The Kier molecular flexibility index (Phi) is 5.65. The monoisotopic (exact) mass is 434 g/mol. The van der Waals surface area contributed by atoms with Gasteiger partial charge in [-0.2, -0.15) is 11.8 Å². The van der Waals surface area contributed by atoms with Crippen LogP contribution in [0.4, 0.5) is 0 Å². The number of nitrogens with one attached hydrogen (secondary N) is 1. The van der Waals surface area contributed by atoms with Crippen LogP contribution in [0, 0.1) is 0 Å². The van der Waals surface area contributed by atoms with Crippen LogP contribution >= 0.6 is 50.8 Å². The third kappa shape index (κ3) is 3.91. The number of halogens is 1. The predicted molar refractivity (Wildman–Crippen MR) is 102 cm³/mol. The van der Waals surface area contributed by atoms with Crippen LogP contribution in [-0.4, -0.2) is 45.7 Å². The van der Waals surface area contributed by atoms with Gasteiger partial charge in [-0.1, -0.05) is 0 Å². The molecule has 8 heteroatoms. The molecule has 2 fully saturated rings. The maximum absolute atomic E-state index is 12.4. The lowest BCUT2D eigenvalue weighted by Crippen LogP contribution is -2.50. The van der Waals surface area contributed by atoms with E-state index in [1.165, 1.54) is 4.88 Å². The van der Waals surface area contributed by atoms with Gasteiger partial charge >= 0.3 is 0 Å². The van der Waals surface area contributed by atoms with Gasteiger partial charge < -0.3 is 10.2 Å². The molecule has 1 aromatic rings. The van der Waals surface area contributed by atoms with Gasteiger partial charge in [-0.25, -0.2) is 0 Å². The van der Waals surface area contributed by atoms with Crippen LogP contribution in [0.2, 0.25) is 0 Å². The van der Waals surface area contributed by atoms with Crippen molar-refractivity contribution in [2.24, 2.45) is 0 Å². The Bertz CT molecular complexity index is 609. The molecule has 3 heterocycles. The lowest BCUT2D eigenvalue weighted by atomic mass is 10.2. The van der Waals surface area contributed by atoms with E-state index in [4.69, 9.17) is 0 Å². The second kappa shape index (κ2) is 7.37. The lowest BCUT2D eigenvalue weighted by molar-refractivity contribution is -0.137. The zero-order chi connectivity index (χ0) is 16.4. The van der Waals surface area contributed by atoms with E-state index in [1.807, 2.05) is 16.7 Å². The smallest absolute Gasteiger partial charge is 0.243 e. The first-order valence-corrected chi connectivity index (χ1v) is 11.3. The third-order valence-electron chi connectivity index (χ3n) is 4.17. The minimum absolute atomic E-state index is 0.00376. The van der Waals surface area contributed by atoms with Crippen molar-refractivity contribution in [2.75, 3.05) is 18.1 Å². The number of rotatable bonds is 6. The van der Waals surface area contributed by atoms with Crippen molar-refractivity contribution >= 4 is 62.6 Å². The van der Waals surface area contributed by atoms with E-state index in [0.717, 1.165) is 21.7 Å². The second-order valence-electron chi connectivity index (χ2n) is 5.81. The molecule has 1 N–H and O–H groups in total. The zero-order valence-electron chi connectivity index (χ0n) is 12.8. The summed E-state index contributed by atoms with van der Waals surface area (Å²) in [6.07, 6.45) is 1.42. The lowest BCUT2D eigenvalue weighted by Gasteiger charge is -2.29. The Hall–Kier alpha value is -0.180. The minimum atomic E-state index is -0.293. The Labute approximate surface area is 157 Å². The van der Waals surface area contributed by atoms with Crippen molar-refractivity contribution in [3.63, 3.8) is 0 Å². The van der Waals surface area contributed by atoms with Crippen molar-refractivity contribution in [3.05, 3.63) is 20.8 Å². The molecule has 23 heavy (non-hydrogen) atoms. The topological polar surface area (TPSA) is 49.4 Å². The highest BCUT2D eigenvalue weighted by atomic mass is 79.9. The molecule has 2 saturated heterocycles. The molecule has 0 aliphatic carbocycles. The number of amides is 2. The molecule has 0 aromatic carbocycles. The summed E-state index contributed by atoms with van der Waals surface area (Å²) in [5.41, 5.74) is 0. The number of hydrogen-bond acceptors (Lipinski definition) is 5. The standard InChI is InChI=1S/C15H19BrN2O2S3/c1-15-5-4-13(19)18(15)11(9-22-15)14(20)17-6-7-21-8-10-2-3-12(16)23-10/h2-3,11H,4-9H2,1H3,(H,17,20). The largest absolute Gasteiger partial charge is 0.353 e. The van der Waals surface area contributed by atoms with Gasteiger partial charge in [-0.05, 0) is 41.4 Å². The van der Waals surface area contributed by atoms with Crippen LogP contribution in [0.5, 0.6) is 0 Å². The van der Waals surface area contributed by atoms with Crippen molar-refractivity contribution in [3.8, 4) is 0 Å². The molecule has 0 saturated carbocycles. The van der Waals surface area contributed by atoms with E-state index in [1.54, 1.807) is 23.1 Å². The second-order valence-corrected chi connectivity index (χ2v) is 11.0.